The average molecular weight is 219 g/mol. The van der Waals surface area contributed by atoms with Crippen LogP contribution in [-0.2, 0) is 0 Å². The molecule has 0 spiro atoms. The van der Waals surface area contributed by atoms with Crippen molar-refractivity contribution in [1.82, 2.24) is 0 Å². The highest BCUT2D eigenvalue weighted by Crippen LogP contribution is 2.12. The Morgan fingerprint density at radius 1 is 0.882 bits per heavy atom. The van der Waals surface area contributed by atoms with Gasteiger partial charge in [0.2, 0.25) is 0 Å². The van der Waals surface area contributed by atoms with Crippen LogP contribution >= 0.6 is 0 Å². The van der Waals surface area contributed by atoms with Gasteiger partial charge in [-0.2, -0.15) is 0 Å². The number of nitrogens with zero attached hydrogens (tertiary/aromatic N) is 1. The molecule has 1 nitrogen and oxygen atoms in total. The van der Waals surface area contributed by atoms with E-state index in [2.05, 4.69) is 16.8 Å². The topological polar surface area (TPSA) is 12.4 Å². The number of rotatable bonds is 2. The summed E-state index contributed by atoms with van der Waals surface area (Å²) >= 11 is 0. The molecule has 0 atom stereocenters. The Kier molecular flexibility index (Phi) is 3.72. The molecule has 0 bridgehead atoms. The predicted octanol–water partition coefficient (Wildman–Crippen LogP) is 3.83. The highest BCUT2D eigenvalue weighted by atomic mass is 14.7. The molecule has 2 aromatic rings. The van der Waals surface area contributed by atoms with Gasteiger partial charge in [-0.1, -0.05) is 54.5 Å². The van der Waals surface area contributed by atoms with Crippen molar-refractivity contribution in [2.75, 3.05) is 0 Å². The fourth-order valence-electron chi connectivity index (χ4n) is 1.51. The molecule has 0 saturated carbocycles. The predicted molar refractivity (Wildman–Crippen MR) is 72.5 cm³/mol. The molecule has 0 fully saturated rings. The van der Waals surface area contributed by atoms with Gasteiger partial charge < -0.3 is 0 Å². The van der Waals surface area contributed by atoms with Crippen molar-refractivity contribution in [2.24, 2.45) is 4.99 Å². The van der Waals surface area contributed by atoms with Gasteiger partial charge in [-0.05, 0) is 25.0 Å². The standard InChI is InChI=1S/C16H13N/c1-2-9-16(14-10-5-3-6-11-14)17-15-12-7-4-8-13-15/h3-8,10-13H,1H3. The van der Waals surface area contributed by atoms with E-state index in [0.717, 1.165) is 17.0 Å². The lowest BCUT2D eigenvalue weighted by atomic mass is 10.1. The summed E-state index contributed by atoms with van der Waals surface area (Å²) in [5.74, 6) is 5.95. The fraction of sp³-hybridized carbons (Fsp3) is 0.0625. The van der Waals surface area contributed by atoms with Crippen molar-refractivity contribution in [1.29, 1.82) is 0 Å². The van der Waals surface area contributed by atoms with Gasteiger partial charge in [-0.15, -0.1) is 0 Å². The molecule has 0 N–H and O–H groups in total. The lowest BCUT2D eigenvalue weighted by Crippen LogP contribution is -1.96. The first-order valence-electron chi connectivity index (χ1n) is 5.52. The number of para-hydroxylation sites is 1. The monoisotopic (exact) mass is 219 g/mol. The maximum atomic E-state index is 4.56. The van der Waals surface area contributed by atoms with E-state index in [1.54, 1.807) is 0 Å². The molecule has 0 aromatic heterocycles. The smallest absolute Gasteiger partial charge is 0.121 e. The van der Waals surface area contributed by atoms with E-state index < -0.39 is 0 Å². The Hall–Kier alpha value is -2.33. The van der Waals surface area contributed by atoms with Crippen LogP contribution < -0.4 is 0 Å². The van der Waals surface area contributed by atoms with Gasteiger partial charge in [-0.3, -0.25) is 0 Å². The zero-order valence-electron chi connectivity index (χ0n) is 9.72. The molecular formula is C16H13N. The van der Waals surface area contributed by atoms with Crippen molar-refractivity contribution in [3.63, 3.8) is 0 Å². The van der Waals surface area contributed by atoms with Crippen molar-refractivity contribution in [2.45, 2.75) is 6.92 Å². The lowest BCUT2D eigenvalue weighted by molar-refractivity contribution is 1.51. The maximum Gasteiger partial charge on any atom is 0.121 e. The zero-order chi connectivity index (χ0) is 11.9. The summed E-state index contributed by atoms with van der Waals surface area (Å²) in [6, 6.07) is 19.9. The van der Waals surface area contributed by atoms with Crippen LogP contribution in [0.25, 0.3) is 0 Å². The molecule has 0 unspecified atom stereocenters. The van der Waals surface area contributed by atoms with E-state index in [1.807, 2.05) is 67.6 Å². The fourth-order valence-corrected chi connectivity index (χ4v) is 1.51. The van der Waals surface area contributed by atoms with Crippen molar-refractivity contribution < 1.29 is 0 Å². The summed E-state index contributed by atoms with van der Waals surface area (Å²) in [6.07, 6.45) is 0. The first-order chi connectivity index (χ1) is 8.40. The summed E-state index contributed by atoms with van der Waals surface area (Å²) in [4.78, 5) is 4.56. The molecular weight excluding hydrogens is 206 g/mol. The largest absolute Gasteiger partial charge is 0.239 e. The Morgan fingerprint density at radius 3 is 2.06 bits per heavy atom. The van der Waals surface area contributed by atoms with Crippen LogP contribution in [0.5, 0.6) is 0 Å². The van der Waals surface area contributed by atoms with E-state index in [1.165, 1.54) is 0 Å². The highest BCUT2D eigenvalue weighted by molar-refractivity contribution is 6.14. The second-order valence-electron chi connectivity index (χ2n) is 3.54. The summed E-state index contributed by atoms with van der Waals surface area (Å²) < 4.78 is 0. The highest BCUT2D eigenvalue weighted by Gasteiger charge is 1.99. The first kappa shape index (κ1) is 11.2. The van der Waals surface area contributed by atoms with Crippen LogP contribution in [0.15, 0.2) is 65.7 Å². The van der Waals surface area contributed by atoms with Gasteiger partial charge >= 0.3 is 0 Å². The molecule has 2 rings (SSSR count). The maximum absolute atomic E-state index is 4.56. The number of aliphatic imine (C=N–C) groups is 1. The molecule has 0 aliphatic heterocycles. The number of hydrogen-bond acceptors (Lipinski definition) is 1. The Labute approximate surface area is 102 Å². The van der Waals surface area contributed by atoms with Crippen molar-refractivity contribution >= 4 is 11.4 Å². The molecule has 0 radical (unpaired) electrons. The van der Waals surface area contributed by atoms with Crippen LogP contribution in [-0.4, -0.2) is 5.71 Å². The molecule has 0 aliphatic rings. The third kappa shape index (κ3) is 3.06. The molecule has 0 amide bonds. The minimum Gasteiger partial charge on any atom is -0.239 e. The second-order valence-corrected chi connectivity index (χ2v) is 3.54. The van der Waals surface area contributed by atoms with Gasteiger partial charge in [0.15, 0.2) is 0 Å². The van der Waals surface area contributed by atoms with E-state index >= 15 is 0 Å². The van der Waals surface area contributed by atoms with Crippen LogP contribution in [0.4, 0.5) is 5.69 Å². The summed E-state index contributed by atoms with van der Waals surface area (Å²) in [5, 5.41) is 0. The summed E-state index contributed by atoms with van der Waals surface area (Å²) in [5.41, 5.74) is 2.78. The van der Waals surface area contributed by atoms with Crippen LogP contribution in [0.2, 0.25) is 0 Å². The number of hydrogen-bond donors (Lipinski definition) is 0. The Bertz CT molecular complexity index is 557. The van der Waals surface area contributed by atoms with Gasteiger partial charge in [0.05, 0.1) is 5.69 Å². The molecule has 1 heteroatoms. The van der Waals surface area contributed by atoms with Crippen LogP contribution in [0, 0.1) is 11.8 Å². The van der Waals surface area contributed by atoms with E-state index in [0.29, 0.717) is 0 Å². The summed E-state index contributed by atoms with van der Waals surface area (Å²) in [7, 11) is 0. The normalized spacial score (nSPS) is 10.5. The average Bonchev–Trinajstić information content (AvgIpc) is 2.40. The minimum atomic E-state index is 0.805. The van der Waals surface area contributed by atoms with E-state index in [-0.39, 0.29) is 0 Å². The molecule has 17 heavy (non-hydrogen) atoms. The van der Waals surface area contributed by atoms with Gasteiger partial charge in [0.1, 0.15) is 5.71 Å². The molecule has 0 heterocycles. The van der Waals surface area contributed by atoms with E-state index in [9.17, 15) is 0 Å². The Morgan fingerprint density at radius 2 is 1.47 bits per heavy atom. The molecule has 0 saturated heterocycles. The molecule has 2 aromatic carbocycles. The third-order valence-corrected chi connectivity index (χ3v) is 2.29. The van der Waals surface area contributed by atoms with Crippen LogP contribution in [0.1, 0.15) is 12.5 Å². The van der Waals surface area contributed by atoms with Gasteiger partial charge in [-0.25, -0.2) is 4.99 Å². The van der Waals surface area contributed by atoms with Gasteiger partial charge in [0.25, 0.3) is 0 Å². The minimum absolute atomic E-state index is 0.805. The summed E-state index contributed by atoms with van der Waals surface area (Å²) in [6.45, 7) is 1.82. The molecule has 0 aliphatic carbocycles. The van der Waals surface area contributed by atoms with Crippen molar-refractivity contribution in [3.8, 4) is 11.8 Å². The van der Waals surface area contributed by atoms with Crippen LogP contribution in [0.3, 0.4) is 0 Å². The van der Waals surface area contributed by atoms with Gasteiger partial charge in [0, 0.05) is 5.56 Å². The Balaban J connectivity index is 2.43. The second kappa shape index (κ2) is 5.67. The van der Waals surface area contributed by atoms with E-state index in [4.69, 9.17) is 0 Å². The third-order valence-electron chi connectivity index (χ3n) is 2.29. The number of benzene rings is 2. The lowest BCUT2D eigenvalue weighted by Gasteiger charge is -1.99. The van der Waals surface area contributed by atoms with Crippen molar-refractivity contribution in [3.05, 3.63) is 66.2 Å². The first-order valence-corrected chi connectivity index (χ1v) is 5.52. The quantitative estimate of drug-likeness (QED) is 0.537. The molecule has 82 valence electrons. The zero-order valence-corrected chi connectivity index (χ0v) is 9.72. The SMILES string of the molecule is CC#CC(=Nc1ccccc1)c1ccccc1.